The molecule has 0 spiro atoms. The van der Waals surface area contributed by atoms with Gasteiger partial charge in [0, 0.05) is 9.50 Å². The first kappa shape index (κ1) is 15.3. The van der Waals surface area contributed by atoms with Crippen molar-refractivity contribution in [2.75, 3.05) is 4.72 Å². The van der Waals surface area contributed by atoms with E-state index in [1.807, 2.05) is 0 Å². The van der Waals surface area contributed by atoms with Crippen molar-refractivity contribution in [3.05, 3.63) is 57.3 Å². The molecule has 0 bridgehead atoms. The fourth-order valence-electron chi connectivity index (χ4n) is 1.69. The van der Waals surface area contributed by atoms with Crippen molar-refractivity contribution < 1.29 is 12.8 Å². The molecule has 2 rings (SSSR count). The molecule has 0 saturated carbocycles. The van der Waals surface area contributed by atoms with Gasteiger partial charge in [-0.05, 0) is 64.8 Å². The first-order valence-electron chi connectivity index (χ1n) is 5.53. The average Bonchev–Trinajstić information content (AvgIpc) is 2.32. The number of hydrogen-bond acceptors (Lipinski definition) is 2. The normalized spacial score (nSPS) is 11.4. The predicted octanol–water partition coefficient (Wildman–Crippen LogP) is 4.35. The molecule has 0 fully saturated rings. The van der Waals surface area contributed by atoms with Crippen LogP contribution in [0.3, 0.4) is 0 Å². The SMILES string of the molecule is Cc1cc(F)ccc1S(=O)(=O)Nc1ccc(Cl)cc1Br. The molecule has 106 valence electrons. The van der Waals surface area contributed by atoms with Crippen LogP contribution in [0.25, 0.3) is 0 Å². The molecule has 0 radical (unpaired) electrons. The van der Waals surface area contributed by atoms with Crippen molar-refractivity contribution in [1.29, 1.82) is 0 Å². The molecule has 0 aromatic heterocycles. The second-order valence-electron chi connectivity index (χ2n) is 4.14. The summed E-state index contributed by atoms with van der Waals surface area (Å²) in [5, 5.41) is 0.484. The minimum absolute atomic E-state index is 0.0285. The summed E-state index contributed by atoms with van der Waals surface area (Å²) in [5.41, 5.74) is 0.695. The number of nitrogens with one attached hydrogen (secondary N) is 1. The fraction of sp³-hybridized carbons (Fsp3) is 0.0769. The van der Waals surface area contributed by atoms with E-state index >= 15 is 0 Å². The maximum atomic E-state index is 13.0. The summed E-state index contributed by atoms with van der Waals surface area (Å²) in [4.78, 5) is 0.0285. The summed E-state index contributed by atoms with van der Waals surface area (Å²) in [5.74, 6) is -0.478. The van der Waals surface area contributed by atoms with Crippen LogP contribution in [0.2, 0.25) is 5.02 Å². The number of benzene rings is 2. The van der Waals surface area contributed by atoms with Crippen molar-refractivity contribution in [1.82, 2.24) is 0 Å². The van der Waals surface area contributed by atoms with E-state index in [-0.39, 0.29) is 4.90 Å². The van der Waals surface area contributed by atoms with Crippen LogP contribution in [0.4, 0.5) is 10.1 Å². The molecule has 0 aliphatic heterocycles. The standard InChI is InChI=1S/C13H10BrClFNO2S/c1-8-6-10(16)3-5-13(8)20(18,19)17-12-4-2-9(15)7-11(12)14/h2-7,17H,1H3. The van der Waals surface area contributed by atoms with Gasteiger partial charge in [0.2, 0.25) is 0 Å². The summed E-state index contributed by atoms with van der Waals surface area (Å²) in [6.45, 7) is 1.54. The van der Waals surface area contributed by atoms with Crippen LogP contribution < -0.4 is 4.72 Å². The van der Waals surface area contributed by atoms with E-state index in [0.29, 0.717) is 20.7 Å². The molecular formula is C13H10BrClFNO2S. The minimum Gasteiger partial charge on any atom is -0.278 e. The highest BCUT2D eigenvalue weighted by Crippen LogP contribution is 2.28. The summed E-state index contributed by atoms with van der Waals surface area (Å²) in [6.07, 6.45) is 0. The van der Waals surface area contributed by atoms with Crippen LogP contribution in [0.5, 0.6) is 0 Å². The fourth-order valence-corrected chi connectivity index (χ4v) is 3.91. The van der Waals surface area contributed by atoms with Gasteiger partial charge in [0.15, 0.2) is 0 Å². The second kappa shape index (κ2) is 5.71. The van der Waals surface area contributed by atoms with Gasteiger partial charge in [-0.25, -0.2) is 12.8 Å². The van der Waals surface area contributed by atoms with Gasteiger partial charge in [-0.3, -0.25) is 4.72 Å². The Morgan fingerprint density at radius 3 is 2.50 bits per heavy atom. The molecule has 0 amide bonds. The van der Waals surface area contributed by atoms with Crippen LogP contribution >= 0.6 is 27.5 Å². The highest BCUT2D eigenvalue weighted by Gasteiger charge is 2.18. The lowest BCUT2D eigenvalue weighted by molar-refractivity contribution is 0.598. The number of halogens is 3. The Morgan fingerprint density at radius 2 is 1.90 bits per heavy atom. The van der Waals surface area contributed by atoms with Crippen molar-refractivity contribution in [3.8, 4) is 0 Å². The number of anilines is 1. The van der Waals surface area contributed by atoms with Crippen LogP contribution in [-0.4, -0.2) is 8.42 Å². The number of rotatable bonds is 3. The molecule has 0 aliphatic carbocycles. The molecule has 0 aliphatic rings. The van der Waals surface area contributed by atoms with Crippen molar-refractivity contribution >= 4 is 43.2 Å². The van der Waals surface area contributed by atoms with Gasteiger partial charge in [0.1, 0.15) is 5.82 Å². The van der Waals surface area contributed by atoms with Crippen molar-refractivity contribution in [2.24, 2.45) is 0 Å². The van der Waals surface area contributed by atoms with Gasteiger partial charge in [-0.1, -0.05) is 11.6 Å². The Morgan fingerprint density at radius 1 is 1.20 bits per heavy atom. The van der Waals surface area contributed by atoms with Crippen molar-refractivity contribution in [2.45, 2.75) is 11.8 Å². The first-order chi connectivity index (χ1) is 9.29. The van der Waals surface area contributed by atoms with Crippen LogP contribution in [0.1, 0.15) is 5.56 Å². The van der Waals surface area contributed by atoms with Crippen LogP contribution in [0.15, 0.2) is 45.8 Å². The monoisotopic (exact) mass is 377 g/mol. The highest BCUT2D eigenvalue weighted by atomic mass is 79.9. The molecule has 7 heteroatoms. The molecular weight excluding hydrogens is 369 g/mol. The van der Waals surface area contributed by atoms with Gasteiger partial charge in [-0.2, -0.15) is 0 Å². The largest absolute Gasteiger partial charge is 0.278 e. The van der Waals surface area contributed by atoms with E-state index in [0.717, 1.165) is 6.07 Å². The van der Waals surface area contributed by atoms with E-state index in [1.165, 1.54) is 19.1 Å². The molecule has 3 nitrogen and oxygen atoms in total. The summed E-state index contributed by atoms with van der Waals surface area (Å²) >= 11 is 9.03. The van der Waals surface area contributed by atoms with Crippen LogP contribution in [0, 0.1) is 12.7 Å². The van der Waals surface area contributed by atoms with E-state index in [1.54, 1.807) is 18.2 Å². The Hall–Kier alpha value is -1.11. The lowest BCUT2D eigenvalue weighted by Gasteiger charge is -2.12. The average molecular weight is 379 g/mol. The van der Waals surface area contributed by atoms with E-state index in [2.05, 4.69) is 20.7 Å². The van der Waals surface area contributed by atoms with Crippen molar-refractivity contribution in [3.63, 3.8) is 0 Å². The maximum Gasteiger partial charge on any atom is 0.262 e. The number of sulfonamides is 1. The number of hydrogen-bond donors (Lipinski definition) is 1. The molecule has 1 N–H and O–H groups in total. The zero-order chi connectivity index (χ0) is 14.9. The van der Waals surface area contributed by atoms with E-state index in [4.69, 9.17) is 11.6 Å². The molecule has 0 saturated heterocycles. The third kappa shape index (κ3) is 3.31. The third-order valence-corrected chi connectivity index (χ3v) is 5.02. The summed E-state index contributed by atoms with van der Waals surface area (Å²) in [7, 11) is -3.79. The van der Waals surface area contributed by atoms with E-state index in [9.17, 15) is 12.8 Å². The second-order valence-corrected chi connectivity index (χ2v) is 7.08. The summed E-state index contributed by atoms with van der Waals surface area (Å²) in [6, 6.07) is 8.21. The molecule has 2 aromatic rings. The van der Waals surface area contributed by atoms with Gasteiger partial charge in [-0.15, -0.1) is 0 Å². The molecule has 0 atom stereocenters. The predicted molar refractivity (Wildman–Crippen MR) is 81.1 cm³/mol. The third-order valence-electron chi connectivity index (χ3n) is 2.60. The molecule has 0 unspecified atom stereocenters. The quantitative estimate of drug-likeness (QED) is 0.863. The Labute approximate surface area is 130 Å². The number of aryl methyl sites for hydroxylation is 1. The first-order valence-corrected chi connectivity index (χ1v) is 8.19. The topological polar surface area (TPSA) is 46.2 Å². The van der Waals surface area contributed by atoms with Gasteiger partial charge < -0.3 is 0 Å². The molecule has 20 heavy (non-hydrogen) atoms. The van der Waals surface area contributed by atoms with Gasteiger partial charge >= 0.3 is 0 Å². The smallest absolute Gasteiger partial charge is 0.262 e. The molecule has 0 heterocycles. The summed E-state index contributed by atoms with van der Waals surface area (Å²) < 4.78 is 40.6. The van der Waals surface area contributed by atoms with E-state index < -0.39 is 15.8 Å². The zero-order valence-corrected chi connectivity index (χ0v) is 13.5. The Kier molecular flexibility index (Phi) is 4.36. The molecule has 2 aromatic carbocycles. The highest BCUT2D eigenvalue weighted by molar-refractivity contribution is 9.10. The van der Waals surface area contributed by atoms with Crippen LogP contribution in [-0.2, 0) is 10.0 Å². The maximum absolute atomic E-state index is 13.0. The lowest BCUT2D eigenvalue weighted by Crippen LogP contribution is -2.14. The lowest BCUT2D eigenvalue weighted by atomic mass is 10.2. The van der Waals surface area contributed by atoms with Gasteiger partial charge in [0.25, 0.3) is 10.0 Å². The Balaban J connectivity index is 2.41. The minimum atomic E-state index is -3.79. The van der Waals surface area contributed by atoms with Gasteiger partial charge in [0.05, 0.1) is 10.6 Å². The zero-order valence-electron chi connectivity index (χ0n) is 10.3. The Bertz CT molecular complexity index is 765.